The van der Waals surface area contributed by atoms with Crippen LogP contribution < -0.4 is 11.1 Å². The molecule has 112 valence electrons. The summed E-state index contributed by atoms with van der Waals surface area (Å²) in [7, 11) is 0. The minimum atomic E-state index is -0.723. The third-order valence-electron chi connectivity index (χ3n) is 3.74. The quantitative estimate of drug-likeness (QED) is 0.880. The fourth-order valence-electron chi connectivity index (χ4n) is 2.51. The molecule has 0 heterocycles. The summed E-state index contributed by atoms with van der Waals surface area (Å²) < 4.78 is 0. The molecule has 3 N–H and O–H groups in total. The number of benzene rings is 1. The Kier molecular flexibility index (Phi) is 6.14. The average molecular weight is 338 g/mol. The standard InChI is InChI=1S/C14H18Cl2N2O.ClH/c1-9(10-5-4-6-11(15)12(10)16)18-13(19)14(17)7-2-3-8-14;/h4-6,9H,2-3,7-8,17H2,1H3,(H,18,19);1H. The maximum atomic E-state index is 12.2. The number of rotatable bonds is 3. The van der Waals surface area contributed by atoms with E-state index in [4.69, 9.17) is 28.9 Å². The normalized spacial score (nSPS) is 18.2. The van der Waals surface area contributed by atoms with Gasteiger partial charge in [0.1, 0.15) is 0 Å². The van der Waals surface area contributed by atoms with E-state index >= 15 is 0 Å². The fraction of sp³-hybridized carbons (Fsp3) is 0.500. The number of hydrogen-bond acceptors (Lipinski definition) is 2. The topological polar surface area (TPSA) is 55.1 Å². The Morgan fingerprint density at radius 2 is 1.95 bits per heavy atom. The van der Waals surface area contributed by atoms with E-state index in [9.17, 15) is 4.79 Å². The van der Waals surface area contributed by atoms with Crippen molar-refractivity contribution in [1.29, 1.82) is 0 Å². The minimum Gasteiger partial charge on any atom is -0.348 e. The van der Waals surface area contributed by atoms with Crippen molar-refractivity contribution in [1.82, 2.24) is 5.32 Å². The summed E-state index contributed by atoms with van der Waals surface area (Å²) in [5.74, 6) is -0.103. The highest BCUT2D eigenvalue weighted by Gasteiger charge is 2.37. The van der Waals surface area contributed by atoms with Gasteiger partial charge in [-0.15, -0.1) is 12.4 Å². The van der Waals surface area contributed by atoms with E-state index in [2.05, 4.69) is 5.32 Å². The van der Waals surface area contributed by atoms with E-state index in [-0.39, 0.29) is 24.4 Å². The Balaban J connectivity index is 0.00000200. The Labute approximate surface area is 135 Å². The Bertz CT molecular complexity index is 487. The highest BCUT2D eigenvalue weighted by molar-refractivity contribution is 6.42. The lowest BCUT2D eigenvalue weighted by atomic mass is 9.97. The van der Waals surface area contributed by atoms with Crippen LogP contribution >= 0.6 is 35.6 Å². The monoisotopic (exact) mass is 336 g/mol. The molecule has 0 aliphatic heterocycles. The van der Waals surface area contributed by atoms with Crippen molar-refractivity contribution >= 4 is 41.5 Å². The van der Waals surface area contributed by atoms with Crippen molar-refractivity contribution in [3.05, 3.63) is 33.8 Å². The number of hydrogen-bond donors (Lipinski definition) is 2. The molecular weight excluding hydrogens is 319 g/mol. The first kappa shape index (κ1) is 17.6. The van der Waals surface area contributed by atoms with Gasteiger partial charge in [-0.1, -0.05) is 48.2 Å². The van der Waals surface area contributed by atoms with E-state index in [1.54, 1.807) is 6.07 Å². The maximum absolute atomic E-state index is 12.2. The largest absolute Gasteiger partial charge is 0.348 e. The van der Waals surface area contributed by atoms with Crippen LogP contribution in [0.3, 0.4) is 0 Å². The molecule has 1 aromatic rings. The minimum absolute atomic E-state index is 0. The van der Waals surface area contributed by atoms with Gasteiger partial charge in [0.25, 0.3) is 0 Å². The summed E-state index contributed by atoms with van der Waals surface area (Å²) in [5.41, 5.74) is 6.21. The molecule has 0 saturated heterocycles. The summed E-state index contributed by atoms with van der Waals surface area (Å²) >= 11 is 12.1. The zero-order chi connectivity index (χ0) is 14.0. The molecule has 20 heavy (non-hydrogen) atoms. The molecule has 1 unspecified atom stereocenters. The summed E-state index contributed by atoms with van der Waals surface area (Å²) in [4.78, 5) is 12.2. The number of nitrogens with one attached hydrogen (secondary N) is 1. The average Bonchev–Trinajstić information content (AvgIpc) is 2.81. The van der Waals surface area contributed by atoms with Gasteiger partial charge in [-0.3, -0.25) is 4.79 Å². The second-order valence-electron chi connectivity index (χ2n) is 5.20. The van der Waals surface area contributed by atoms with Crippen LogP contribution in [0.1, 0.15) is 44.2 Å². The van der Waals surface area contributed by atoms with E-state index in [0.29, 0.717) is 10.0 Å². The van der Waals surface area contributed by atoms with Gasteiger partial charge in [0, 0.05) is 0 Å². The second kappa shape index (κ2) is 6.99. The van der Waals surface area contributed by atoms with Crippen LogP contribution in [0, 0.1) is 0 Å². The summed E-state index contributed by atoms with van der Waals surface area (Å²) in [6, 6.07) is 5.19. The van der Waals surface area contributed by atoms with Gasteiger partial charge in [-0.2, -0.15) is 0 Å². The number of carbonyl (C=O) groups is 1. The number of carbonyl (C=O) groups excluding carboxylic acids is 1. The van der Waals surface area contributed by atoms with Crippen LogP contribution in [0.5, 0.6) is 0 Å². The Morgan fingerprint density at radius 1 is 1.35 bits per heavy atom. The number of halogens is 3. The number of nitrogens with two attached hydrogens (primary N) is 1. The van der Waals surface area contributed by atoms with Crippen LogP contribution in [-0.4, -0.2) is 11.4 Å². The van der Waals surface area contributed by atoms with Crippen molar-refractivity contribution in [2.45, 2.75) is 44.2 Å². The van der Waals surface area contributed by atoms with E-state index in [0.717, 1.165) is 31.2 Å². The van der Waals surface area contributed by atoms with Gasteiger partial charge in [-0.05, 0) is 31.4 Å². The third kappa shape index (κ3) is 3.59. The molecule has 1 fully saturated rings. The molecule has 1 saturated carbocycles. The molecule has 1 aliphatic carbocycles. The third-order valence-corrected chi connectivity index (χ3v) is 4.58. The van der Waals surface area contributed by atoms with Crippen molar-refractivity contribution in [2.24, 2.45) is 5.73 Å². The molecule has 3 nitrogen and oxygen atoms in total. The van der Waals surface area contributed by atoms with E-state index in [1.807, 2.05) is 19.1 Å². The van der Waals surface area contributed by atoms with Crippen LogP contribution in [0.4, 0.5) is 0 Å². The van der Waals surface area contributed by atoms with E-state index in [1.165, 1.54) is 0 Å². The maximum Gasteiger partial charge on any atom is 0.240 e. The molecule has 2 rings (SSSR count). The smallest absolute Gasteiger partial charge is 0.240 e. The second-order valence-corrected chi connectivity index (χ2v) is 5.99. The molecular formula is C14H19Cl3N2O. The van der Waals surface area contributed by atoms with Crippen LogP contribution in [0.25, 0.3) is 0 Å². The molecule has 1 amide bonds. The van der Waals surface area contributed by atoms with Crippen molar-refractivity contribution in [2.75, 3.05) is 0 Å². The molecule has 0 bridgehead atoms. The lowest BCUT2D eigenvalue weighted by Crippen LogP contribution is -2.52. The van der Waals surface area contributed by atoms with E-state index < -0.39 is 5.54 Å². The SMILES string of the molecule is CC(NC(=O)C1(N)CCCC1)c1cccc(Cl)c1Cl.Cl. The summed E-state index contributed by atoms with van der Waals surface area (Å²) in [6.07, 6.45) is 3.51. The first-order chi connectivity index (χ1) is 8.94. The van der Waals surface area contributed by atoms with Crippen molar-refractivity contribution in [3.63, 3.8) is 0 Å². The molecule has 6 heteroatoms. The zero-order valence-electron chi connectivity index (χ0n) is 11.3. The van der Waals surface area contributed by atoms with Gasteiger partial charge >= 0.3 is 0 Å². The van der Waals surface area contributed by atoms with Gasteiger partial charge in [0.15, 0.2) is 0 Å². The molecule has 1 aliphatic rings. The highest BCUT2D eigenvalue weighted by atomic mass is 35.5. The molecule has 0 radical (unpaired) electrons. The number of amides is 1. The van der Waals surface area contributed by atoms with Gasteiger partial charge in [0.05, 0.1) is 21.6 Å². The Morgan fingerprint density at radius 3 is 2.55 bits per heavy atom. The van der Waals surface area contributed by atoms with Gasteiger partial charge in [-0.25, -0.2) is 0 Å². The predicted molar refractivity (Wildman–Crippen MR) is 85.7 cm³/mol. The van der Waals surface area contributed by atoms with Crippen LogP contribution in [0.2, 0.25) is 10.0 Å². The predicted octanol–water partition coefficient (Wildman–Crippen LogP) is 3.86. The van der Waals surface area contributed by atoms with Crippen LogP contribution in [-0.2, 0) is 4.79 Å². The zero-order valence-corrected chi connectivity index (χ0v) is 13.6. The van der Waals surface area contributed by atoms with Crippen LogP contribution in [0.15, 0.2) is 18.2 Å². The first-order valence-corrected chi connectivity index (χ1v) is 7.23. The molecule has 1 atom stereocenters. The lowest BCUT2D eigenvalue weighted by molar-refractivity contribution is -0.126. The lowest BCUT2D eigenvalue weighted by Gasteiger charge is -2.25. The molecule has 0 aromatic heterocycles. The highest BCUT2D eigenvalue weighted by Crippen LogP contribution is 2.31. The molecule has 0 spiro atoms. The Hall–Kier alpha value is -0.480. The van der Waals surface area contributed by atoms with Gasteiger partial charge < -0.3 is 11.1 Å². The first-order valence-electron chi connectivity index (χ1n) is 6.48. The molecule has 1 aromatic carbocycles. The fourth-order valence-corrected chi connectivity index (χ4v) is 2.98. The summed E-state index contributed by atoms with van der Waals surface area (Å²) in [6.45, 7) is 1.88. The van der Waals surface area contributed by atoms with Crippen molar-refractivity contribution < 1.29 is 4.79 Å². The van der Waals surface area contributed by atoms with Crippen molar-refractivity contribution in [3.8, 4) is 0 Å². The summed E-state index contributed by atoms with van der Waals surface area (Å²) in [5, 5.41) is 3.91. The van der Waals surface area contributed by atoms with Gasteiger partial charge in [0.2, 0.25) is 5.91 Å².